The molecule has 1 saturated heterocycles. The lowest BCUT2D eigenvalue weighted by atomic mass is 10.0. The fourth-order valence-electron chi connectivity index (χ4n) is 3.39. The molecule has 2 heterocycles. The molecule has 0 bridgehead atoms. The van der Waals surface area contributed by atoms with Crippen molar-refractivity contribution >= 4 is 11.7 Å². The van der Waals surface area contributed by atoms with Gasteiger partial charge in [0, 0.05) is 30.4 Å². The number of piperidine rings is 1. The number of hydrogen-bond donors (Lipinski definition) is 1. The molecule has 26 heavy (non-hydrogen) atoms. The summed E-state index contributed by atoms with van der Waals surface area (Å²) < 4.78 is 13.2. The van der Waals surface area contributed by atoms with Crippen LogP contribution in [0.25, 0.3) is 11.4 Å². The quantitative estimate of drug-likeness (QED) is 0.912. The van der Waals surface area contributed by atoms with Gasteiger partial charge in [-0.3, -0.25) is 4.79 Å². The molecule has 2 fully saturated rings. The van der Waals surface area contributed by atoms with Crippen molar-refractivity contribution in [2.75, 3.05) is 11.4 Å². The van der Waals surface area contributed by atoms with Crippen LogP contribution in [0.15, 0.2) is 30.5 Å². The Labute approximate surface area is 152 Å². The number of nitrogens with one attached hydrogen (secondary N) is 1. The summed E-state index contributed by atoms with van der Waals surface area (Å²) in [5.74, 6) is 0.801. The Morgan fingerprint density at radius 1 is 1.19 bits per heavy atom. The first kappa shape index (κ1) is 16.9. The van der Waals surface area contributed by atoms with Gasteiger partial charge in [-0.25, -0.2) is 14.4 Å². The number of anilines is 1. The van der Waals surface area contributed by atoms with E-state index in [2.05, 4.69) is 22.1 Å². The molecule has 136 valence electrons. The Morgan fingerprint density at radius 2 is 1.96 bits per heavy atom. The second-order valence-electron chi connectivity index (χ2n) is 7.22. The number of hydrogen-bond acceptors (Lipinski definition) is 4. The van der Waals surface area contributed by atoms with E-state index in [0.29, 0.717) is 23.2 Å². The highest BCUT2D eigenvalue weighted by molar-refractivity contribution is 5.99. The maximum absolute atomic E-state index is 13.2. The van der Waals surface area contributed by atoms with Gasteiger partial charge in [-0.15, -0.1) is 0 Å². The number of carbonyl (C=O) groups excluding carboxylic acids is 1. The van der Waals surface area contributed by atoms with E-state index in [4.69, 9.17) is 4.98 Å². The van der Waals surface area contributed by atoms with Crippen molar-refractivity contribution < 1.29 is 9.18 Å². The van der Waals surface area contributed by atoms with Crippen molar-refractivity contribution in [3.63, 3.8) is 0 Å². The van der Waals surface area contributed by atoms with Gasteiger partial charge in [0.15, 0.2) is 5.82 Å². The average Bonchev–Trinajstić information content (AvgIpc) is 3.46. The molecule has 1 unspecified atom stereocenters. The number of amides is 1. The molecule has 2 aliphatic rings. The normalized spacial score (nSPS) is 20.1. The van der Waals surface area contributed by atoms with Crippen LogP contribution in [0.5, 0.6) is 0 Å². The molecule has 6 heteroatoms. The lowest BCUT2D eigenvalue weighted by molar-refractivity contribution is 0.0950. The van der Waals surface area contributed by atoms with Crippen LogP contribution >= 0.6 is 0 Å². The van der Waals surface area contributed by atoms with E-state index < -0.39 is 0 Å². The zero-order chi connectivity index (χ0) is 18.1. The van der Waals surface area contributed by atoms with Crippen LogP contribution in [0.1, 0.15) is 49.4 Å². The standard InChI is InChI=1S/C20H23FN4O/c1-13-4-2-3-11-25(13)19-17(20(26)23-16-9-10-16)12-22-18(24-19)14-5-7-15(21)8-6-14/h5-8,12-13,16H,2-4,9-11H2,1H3,(H,23,26). The molecule has 0 radical (unpaired) electrons. The molecule has 5 nitrogen and oxygen atoms in total. The van der Waals surface area contributed by atoms with Gasteiger partial charge in [0.2, 0.25) is 0 Å². The summed E-state index contributed by atoms with van der Waals surface area (Å²) in [7, 11) is 0. The van der Waals surface area contributed by atoms with E-state index in [1.54, 1.807) is 18.3 Å². The first-order chi connectivity index (χ1) is 12.6. The third-order valence-electron chi connectivity index (χ3n) is 5.10. The second-order valence-corrected chi connectivity index (χ2v) is 7.22. The van der Waals surface area contributed by atoms with Crippen molar-refractivity contribution in [2.24, 2.45) is 0 Å². The average molecular weight is 354 g/mol. The molecular weight excluding hydrogens is 331 g/mol. The molecular formula is C20H23FN4O. The molecule has 1 aliphatic carbocycles. The zero-order valence-corrected chi connectivity index (χ0v) is 14.9. The van der Waals surface area contributed by atoms with Gasteiger partial charge >= 0.3 is 0 Å². The summed E-state index contributed by atoms with van der Waals surface area (Å²) in [5, 5.41) is 3.04. The van der Waals surface area contributed by atoms with E-state index in [-0.39, 0.29) is 17.8 Å². The summed E-state index contributed by atoms with van der Waals surface area (Å²) >= 11 is 0. The molecule has 1 aromatic carbocycles. The first-order valence-electron chi connectivity index (χ1n) is 9.32. The summed E-state index contributed by atoms with van der Waals surface area (Å²) in [6, 6.07) is 6.74. The maximum atomic E-state index is 13.2. The smallest absolute Gasteiger partial charge is 0.256 e. The lowest BCUT2D eigenvalue weighted by Crippen LogP contribution is -2.40. The fraction of sp³-hybridized carbons (Fsp3) is 0.450. The fourth-order valence-corrected chi connectivity index (χ4v) is 3.39. The highest BCUT2D eigenvalue weighted by atomic mass is 19.1. The van der Waals surface area contributed by atoms with Crippen LogP contribution in [0.3, 0.4) is 0 Å². The largest absolute Gasteiger partial charge is 0.353 e. The van der Waals surface area contributed by atoms with Gasteiger partial charge in [0.05, 0.1) is 0 Å². The minimum Gasteiger partial charge on any atom is -0.353 e. The van der Waals surface area contributed by atoms with Crippen LogP contribution < -0.4 is 10.2 Å². The van der Waals surface area contributed by atoms with Crippen molar-refractivity contribution in [1.82, 2.24) is 15.3 Å². The monoisotopic (exact) mass is 354 g/mol. The molecule has 1 amide bonds. The first-order valence-corrected chi connectivity index (χ1v) is 9.32. The number of halogens is 1. The summed E-state index contributed by atoms with van der Waals surface area (Å²) in [5.41, 5.74) is 1.27. The highest BCUT2D eigenvalue weighted by Gasteiger charge is 2.29. The SMILES string of the molecule is CC1CCCCN1c1nc(-c2ccc(F)cc2)ncc1C(=O)NC1CC1. The second kappa shape index (κ2) is 7.02. The molecule has 1 saturated carbocycles. The summed E-state index contributed by atoms with van der Waals surface area (Å²) in [4.78, 5) is 24.0. The van der Waals surface area contributed by atoms with E-state index in [1.165, 1.54) is 18.6 Å². The van der Waals surface area contributed by atoms with Crippen molar-refractivity contribution in [3.8, 4) is 11.4 Å². The molecule has 1 atom stereocenters. The van der Waals surface area contributed by atoms with Gasteiger partial charge in [0.1, 0.15) is 17.2 Å². The van der Waals surface area contributed by atoms with Crippen molar-refractivity contribution in [3.05, 3.63) is 41.8 Å². The van der Waals surface area contributed by atoms with Gasteiger partial charge in [-0.2, -0.15) is 0 Å². The number of carbonyl (C=O) groups is 1. The molecule has 0 spiro atoms. The molecule has 4 rings (SSSR count). The van der Waals surface area contributed by atoms with E-state index in [9.17, 15) is 9.18 Å². The number of aromatic nitrogens is 2. The Morgan fingerprint density at radius 3 is 2.65 bits per heavy atom. The Balaban J connectivity index is 1.73. The Kier molecular flexibility index (Phi) is 4.57. The zero-order valence-electron chi connectivity index (χ0n) is 14.9. The van der Waals surface area contributed by atoms with Gasteiger partial charge in [-0.05, 0) is 63.3 Å². The third kappa shape index (κ3) is 3.54. The predicted molar refractivity (Wildman–Crippen MR) is 98.6 cm³/mol. The van der Waals surface area contributed by atoms with Crippen LogP contribution in [0, 0.1) is 5.82 Å². The van der Waals surface area contributed by atoms with Gasteiger partial charge in [0.25, 0.3) is 5.91 Å². The Bertz CT molecular complexity index is 804. The number of nitrogens with zero attached hydrogens (tertiary/aromatic N) is 3. The highest BCUT2D eigenvalue weighted by Crippen LogP contribution is 2.29. The molecule has 1 aromatic heterocycles. The van der Waals surface area contributed by atoms with Crippen LogP contribution in [-0.4, -0.2) is 34.5 Å². The van der Waals surface area contributed by atoms with Gasteiger partial charge in [-0.1, -0.05) is 0 Å². The van der Waals surface area contributed by atoms with Crippen molar-refractivity contribution in [1.29, 1.82) is 0 Å². The summed E-state index contributed by atoms with van der Waals surface area (Å²) in [6.45, 7) is 3.05. The lowest BCUT2D eigenvalue weighted by Gasteiger charge is -2.35. The molecule has 1 aliphatic heterocycles. The minimum absolute atomic E-state index is 0.106. The number of rotatable bonds is 4. The maximum Gasteiger partial charge on any atom is 0.256 e. The van der Waals surface area contributed by atoms with E-state index >= 15 is 0 Å². The van der Waals surface area contributed by atoms with Crippen LogP contribution in [0.2, 0.25) is 0 Å². The topological polar surface area (TPSA) is 58.1 Å². The van der Waals surface area contributed by atoms with Crippen LogP contribution in [-0.2, 0) is 0 Å². The van der Waals surface area contributed by atoms with Crippen LogP contribution in [0.4, 0.5) is 10.2 Å². The molecule has 1 N–H and O–H groups in total. The minimum atomic E-state index is -0.293. The Hall–Kier alpha value is -2.50. The number of benzene rings is 1. The van der Waals surface area contributed by atoms with E-state index in [0.717, 1.165) is 37.8 Å². The van der Waals surface area contributed by atoms with E-state index in [1.807, 2.05) is 0 Å². The van der Waals surface area contributed by atoms with Gasteiger partial charge < -0.3 is 10.2 Å². The third-order valence-corrected chi connectivity index (χ3v) is 5.10. The predicted octanol–water partition coefficient (Wildman–Crippen LogP) is 3.55. The van der Waals surface area contributed by atoms with Crippen molar-refractivity contribution in [2.45, 2.75) is 51.1 Å². The molecule has 2 aromatic rings. The summed E-state index contributed by atoms with van der Waals surface area (Å²) in [6.07, 6.45) is 7.05.